The summed E-state index contributed by atoms with van der Waals surface area (Å²) in [6.45, 7) is 1.89. The largest absolute Gasteiger partial charge is 0.388 e. The van der Waals surface area contributed by atoms with Crippen molar-refractivity contribution >= 4 is 15.9 Å². The minimum atomic E-state index is -0.0607. The van der Waals surface area contributed by atoms with Crippen LogP contribution in [0.5, 0.6) is 0 Å². The highest BCUT2D eigenvalue weighted by Crippen LogP contribution is 2.24. The van der Waals surface area contributed by atoms with Crippen LogP contribution in [0.2, 0.25) is 0 Å². The number of aliphatic hydroxyl groups is 1. The van der Waals surface area contributed by atoms with Crippen LogP contribution in [0.15, 0.2) is 28.7 Å². The zero-order valence-corrected chi connectivity index (χ0v) is 9.87. The fourth-order valence-corrected chi connectivity index (χ4v) is 1.91. The molecular weight excluding hydrogens is 256 g/mol. The molecule has 0 spiro atoms. The summed E-state index contributed by atoms with van der Waals surface area (Å²) < 4.78 is 1.02. The van der Waals surface area contributed by atoms with Crippen LogP contribution in [-0.4, -0.2) is 15.1 Å². The molecule has 0 radical (unpaired) electrons. The van der Waals surface area contributed by atoms with Crippen LogP contribution in [-0.2, 0) is 6.61 Å². The molecule has 0 saturated heterocycles. The first-order valence-corrected chi connectivity index (χ1v) is 5.42. The molecule has 4 heteroatoms. The predicted octanol–water partition coefficient (Wildman–Crippen LogP) is 2.64. The van der Waals surface area contributed by atoms with E-state index in [-0.39, 0.29) is 6.61 Å². The molecule has 0 aliphatic heterocycles. The zero-order valence-electron chi connectivity index (χ0n) is 8.29. The molecular formula is C11H11BrN2O. The summed E-state index contributed by atoms with van der Waals surface area (Å²) >= 11 is 3.42. The molecule has 15 heavy (non-hydrogen) atoms. The quantitative estimate of drug-likeness (QED) is 0.878. The molecule has 0 bridgehead atoms. The van der Waals surface area contributed by atoms with Gasteiger partial charge in [0.1, 0.15) is 12.4 Å². The van der Waals surface area contributed by atoms with Crippen LogP contribution in [0.25, 0.3) is 11.3 Å². The van der Waals surface area contributed by atoms with Crippen molar-refractivity contribution < 1.29 is 5.11 Å². The maximum absolute atomic E-state index is 8.97. The second-order valence-corrected chi connectivity index (χ2v) is 4.24. The van der Waals surface area contributed by atoms with Crippen LogP contribution in [0.4, 0.5) is 0 Å². The van der Waals surface area contributed by atoms with Gasteiger partial charge < -0.3 is 10.1 Å². The Morgan fingerprint density at radius 2 is 2.27 bits per heavy atom. The average molecular weight is 267 g/mol. The van der Waals surface area contributed by atoms with E-state index in [1.165, 1.54) is 0 Å². The number of halogens is 1. The summed E-state index contributed by atoms with van der Waals surface area (Å²) in [5.41, 5.74) is 2.90. The fourth-order valence-electron chi connectivity index (χ4n) is 1.51. The van der Waals surface area contributed by atoms with Crippen LogP contribution in [0.3, 0.4) is 0 Å². The van der Waals surface area contributed by atoms with E-state index in [2.05, 4.69) is 25.9 Å². The molecule has 1 aromatic heterocycles. The van der Waals surface area contributed by atoms with Crippen LogP contribution >= 0.6 is 15.9 Å². The van der Waals surface area contributed by atoms with Gasteiger partial charge in [-0.25, -0.2) is 4.98 Å². The second kappa shape index (κ2) is 4.16. The molecule has 78 valence electrons. The number of hydrogen-bond acceptors (Lipinski definition) is 2. The third-order valence-corrected chi connectivity index (χ3v) is 2.67. The van der Waals surface area contributed by atoms with Gasteiger partial charge in [0.2, 0.25) is 0 Å². The van der Waals surface area contributed by atoms with E-state index >= 15 is 0 Å². The Labute approximate surface area is 96.3 Å². The molecule has 0 aliphatic rings. The van der Waals surface area contributed by atoms with Gasteiger partial charge in [-0.15, -0.1) is 0 Å². The number of H-pyrrole nitrogens is 1. The van der Waals surface area contributed by atoms with Crippen molar-refractivity contribution in [3.8, 4) is 11.3 Å². The molecule has 0 saturated carbocycles. The first kappa shape index (κ1) is 10.4. The fraction of sp³-hybridized carbons (Fsp3) is 0.182. The number of rotatable bonds is 2. The van der Waals surface area contributed by atoms with Crippen molar-refractivity contribution in [3.05, 3.63) is 40.3 Å². The van der Waals surface area contributed by atoms with E-state index in [1.807, 2.05) is 31.2 Å². The Bertz CT molecular complexity index is 479. The molecule has 2 rings (SSSR count). The van der Waals surface area contributed by atoms with E-state index in [1.54, 1.807) is 0 Å². The van der Waals surface area contributed by atoms with Gasteiger partial charge in [0.25, 0.3) is 0 Å². The summed E-state index contributed by atoms with van der Waals surface area (Å²) in [6, 6.07) is 7.93. The molecule has 0 amide bonds. The van der Waals surface area contributed by atoms with Gasteiger partial charge in [-0.2, -0.15) is 0 Å². The number of nitrogens with one attached hydrogen (secondary N) is 1. The predicted molar refractivity (Wildman–Crippen MR) is 62.4 cm³/mol. The van der Waals surface area contributed by atoms with Crippen LogP contribution in [0.1, 0.15) is 11.5 Å². The minimum Gasteiger partial charge on any atom is -0.388 e. The van der Waals surface area contributed by atoms with Gasteiger partial charge in [-0.1, -0.05) is 28.1 Å². The highest BCUT2D eigenvalue weighted by atomic mass is 79.9. The third-order valence-electron chi connectivity index (χ3n) is 2.18. The monoisotopic (exact) mass is 266 g/mol. The van der Waals surface area contributed by atoms with Gasteiger partial charge in [-0.3, -0.25) is 0 Å². The van der Waals surface area contributed by atoms with E-state index in [0.29, 0.717) is 5.82 Å². The summed E-state index contributed by atoms with van der Waals surface area (Å²) in [7, 11) is 0. The number of nitrogens with zero attached hydrogens (tertiary/aromatic N) is 1. The van der Waals surface area contributed by atoms with E-state index in [9.17, 15) is 0 Å². The Kier molecular flexibility index (Phi) is 2.88. The van der Waals surface area contributed by atoms with Crippen molar-refractivity contribution in [2.45, 2.75) is 13.5 Å². The molecule has 1 aromatic carbocycles. The second-order valence-electron chi connectivity index (χ2n) is 3.33. The first-order chi connectivity index (χ1) is 7.20. The average Bonchev–Trinajstić information content (AvgIpc) is 2.60. The number of aliphatic hydroxyl groups excluding tert-OH is 1. The maximum atomic E-state index is 8.97. The third kappa shape index (κ3) is 2.11. The SMILES string of the molecule is Cc1[nH]c(CO)nc1-c1cccc(Br)c1. The molecule has 2 N–H and O–H groups in total. The van der Waals surface area contributed by atoms with Gasteiger partial charge in [0, 0.05) is 15.7 Å². The summed E-state index contributed by atoms with van der Waals surface area (Å²) in [6.07, 6.45) is 0. The van der Waals surface area contributed by atoms with Crippen LogP contribution < -0.4 is 0 Å². The number of aromatic amines is 1. The van der Waals surface area contributed by atoms with E-state index in [4.69, 9.17) is 5.11 Å². The number of aromatic nitrogens is 2. The molecule has 0 atom stereocenters. The summed E-state index contributed by atoms with van der Waals surface area (Å²) in [5, 5.41) is 8.97. The summed E-state index contributed by atoms with van der Waals surface area (Å²) in [5.74, 6) is 0.600. The van der Waals surface area contributed by atoms with Crippen molar-refractivity contribution in [1.82, 2.24) is 9.97 Å². The number of hydrogen-bond donors (Lipinski definition) is 2. The molecule has 3 nitrogen and oxygen atoms in total. The molecule has 0 aliphatic carbocycles. The number of aryl methyl sites for hydroxylation is 1. The van der Waals surface area contributed by atoms with E-state index in [0.717, 1.165) is 21.4 Å². The van der Waals surface area contributed by atoms with E-state index < -0.39 is 0 Å². The zero-order chi connectivity index (χ0) is 10.8. The van der Waals surface area contributed by atoms with Gasteiger partial charge >= 0.3 is 0 Å². The lowest BCUT2D eigenvalue weighted by Gasteiger charge is -1.98. The normalized spacial score (nSPS) is 10.6. The highest BCUT2D eigenvalue weighted by Gasteiger charge is 2.08. The van der Waals surface area contributed by atoms with Crippen LogP contribution in [0, 0.1) is 6.92 Å². The summed E-state index contributed by atoms with van der Waals surface area (Å²) in [4.78, 5) is 7.35. The lowest BCUT2D eigenvalue weighted by molar-refractivity contribution is 0.272. The lowest BCUT2D eigenvalue weighted by Crippen LogP contribution is -1.84. The lowest BCUT2D eigenvalue weighted by atomic mass is 10.1. The first-order valence-electron chi connectivity index (χ1n) is 4.63. The van der Waals surface area contributed by atoms with Gasteiger partial charge in [0.15, 0.2) is 0 Å². The molecule has 0 unspecified atom stereocenters. The Hall–Kier alpha value is -1.13. The van der Waals surface area contributed by atoms with Crippen molar-refractivity contribution in [1.29, 1.82) is 0 Å². The molecule has 2 aromatic rings. The van der Waals surface area contributed by atoms with Gasteiger partial charge in [-0.05, 0) is 19.1 Å². The smallest absolute Gasteiger partial charge is 0.132 e. The topological polar surface area (TPSA) is 48.9 Å². The Morgan fingerprint density at radius 3 is 2.87 bits per heavy atom. The van der Waals surface area contributed by atoms with Crippen molar-refractivity contribution in [2.24, 2.45) is 0 Å². The minimum absolute atomic E-state index is 0.0607. The Balaban J connectivity index is 2.48. The molecule has 0 fully saturated rings. The van der Waals surface area contributed by atoms with Gasteiger partial charge in [0.05, 0.1) is 5.69 Å². The standard InChI is InChI=1S/C11H11BrN2O/c1-7-11(14-10(6-15)13-7)8-3-2-4-9(12)5-8/h2-5,15H,6H2,1H3,(H,13,14). The Morgan fingerprint density at radius 1 is 1.47 bits per heavy atom. The maximum Gasteiger partial charge on any atom is 0.132 e. The number of imidazole rings is 1. The highest BCUT2D eigenvalue weighted by molar-refractivity contribution is 9.10. The molecule has 1 heterocycles. The van der Waals surface area contributed by atoms with Crippen molar-refractivity contribution in [3.63, 3.8) is 0 Å². The van der Waals surface area contributed by atoms with Crippen molar-refractivity contribution in [2.75, 3.05) is 0 Å². The number of benzene rings is 1.